The lowest BCUT2D eigenvalue weighted by Gasteiger charge is -2.14. The molecule has 0 saturated heterocycles. The standard InChI is InChI=1S/C17H15Cl2NO3S/c1-9(16(21)20-13-6-5-11(18)8-12(13)19)23-17(22)15-7-10-3-2-4-14(10)24-15/h5-9H,2-4H2,1H3,(H,20,21)/t9-/m0/s1. The number of rotatable bonds is 4. The van der Waals surface area contributed by atoms with E-state index in [0.717, 1.165) is 19.3 Å². The topological polar surface area (TPSA) is 55.4 Å². The summed E-state index contributed by atoms with van der Waals surface area (Å²) in [5.74, 6) is -0.920. The van der Waals surface area contributed by atoms with E-state index in [-0.39, 0.29) is 0 Å². The molecule has 0 aliphatic heterocycles. The summed E-state index contributed by atoms with van der Waals surface area (Å²) < 4.78 is 5.26. The molecular formula is C17H15Cl2NO3S. The minimum Gasteiger partial charge on any atom is -0.448 e. The first-order chi connectivity index (χ1) is 11.4. The number of fused-ring (bicyclic) bond motifs is 1. The second-order valence-electron chi connectivity index (χ2n) is 5.57. The smallest absolute Gasteiger partial charge is 0.349 e. The third kappa shape index (κ3) is 3.74. The molecule has 1 aromatic heterocycles. The summed E-state index contributed by atoms with van der Waals surface area (Å²) in [7, 11) is 0. The second-order valence-corrected chi connectivity index (χ2v) is 7.55. The SMILES string of the molecule is C[C@H](OC(=O)c1cc2c(s1)CCC2)C(=O)Nc1ccc(Cl)cc1Cl. The third-order valence-corrected chi connectivity index (χ3v) is 5.55. The molecule has 126 valence electrons. The first-order valence-corrected chi connectivity index (χ1v) is 9.10. The van der Waals surface area contributed by atoms with Gasteiger partial charge in [-0.05, 0) is 56.0 Å². The van der Waals surface area contributed by atoms with Crippen LogP contribution in [0, 0.1) is 0 Å². The summed E-state index contributed by atoms with van der Waals surface area (Å²) in [6, 6.07) is 6.62. The highest BCUT2D eigenvalue weighted by Gasteiger charge is 2.23. The fourth-order valence-corrected chi connectivity index (χ4v) is 4.12. The van der Waals surface area contributed by atoms with Gasteiger partial charge >= 0.3 is 5.97 Å². The molecule has 2 aromatic rings. The highest BCUT2D eigenvalue weighted by Crippen LogP contribution is 2.31. The van der Waals surface area contributed by atoms with Crippen LogP contribution in [0.25, 0.3) is 0 Å². The Labute approximate surface area is 153 Å². The molecule has 1 amide bonds. The zero-order valence-corrected chi connectivity index (χ0v) is 15.2. The summed E-state index contributed by atoms with van der Waals surface area (Å²) >= 11 is 13.3. The summed E-state index contributed by atoms with van der Waals surface area (Å²) in [4.78, 5) is 26.2. The predicted octanol–water partition coefficient (Wildman–Crippen LogP) is 4.73. The Bertz CT molecular complexity index is 782. The number of ether oxygens (including phenoxy) is 1. The Morgan fingerprint density at radius 1 is 1.25 bits per heavy atom. The van der Waals surface area contributed by atoms with Gasteiger partial charge in [-0.3, -0.25) is 4.79 Å². The van der Waals surface area contributed by atoms with Crippen LogP contribution in [0.1, 0.15) is 33.5 Å². The minimum atomic E-state index is -0.929. The molecule has 0 radical (unpaired) electrons. The molecule has 4 nitrogen and oxygen atoms in total. The lowest BCUT2D eigenvalue weighted by atomic mass is 10.2. The Hall–Kier alpha value is -1.56. The van der Waals surface area contributed by atoms with Gasteiger partial charge in [0.1, 0.15) is 4.88 Å². The number of benzene rings is 1. The third-order valence-electron chi connectivity index (χ3n) is 3.79. The molecule has 1 N–H and O–H groups in total. The van der Waals surface area contributed by atoms with Crippen LogP contribution >= 0.6 is 34.5 Å². The molecule has 1 atom stereocenters. The predicted molar refractivity (Wildman–Crippen MR) is 96.3 cm³/mol. The highest BCUT2D eigenvalue weighted by molar-refractivity contribution is 7.14. The molecule has 0 bridgehead atoms. The number of carbonyl (C=O) groups excluding carboxylic acids is 2. The number of halogens is 2. The van der Waals surface area contributed by atoms with Crippen molar-refractivity contribution < 1.29 is 14.3 Å². The summed E-state index contributed by atoms with van der Waals surface area (Å²) in [6.07, 6.45) is 2.22. The van der Waals surface area contributed by atoms with Crippen molar-refractivity contribution in [2.75, 3.05) is 5.32 Å². The number of aryl methyl sites for hydroxylation is 2. The molecule has 1 heterocycles. The van der Waals surface area contributed by atoms with Gasteiger partial charge in [-0.15, -0.1) is 11.3 Å². The van der Waals surface area contributed by atoms with Gasteiger partial charge in [0.25, 0.3) is 5.91 Å². The van der Waals surface area contributed by atoms with E-state index in [1.165, 1.54) is 34.8 Å². The molecule has 1 aromatic carbocycles. The maximum absolute atomic E-state index is 12.2. The van der Waals surface area contributed by atoms with Gasteiger partial charge in [0.15, 0.2) is 6.10 Å². The Balaban J connectivity index is 1.61. The van der Waals surface area contributed by atoms with Crippen LogP contribution < -0.4 is 5.32 Å². The van der Waals surface area contributed by atoms with E-state index in [1.807, 2.05) is 6.07 Å². The first kappa shape index (κ1) is 17.3. The number of hydrogen-bond acceptors (Lipinski definition) is 4. The second kappa shape index (κ2) is 7.13. The molecule has 3 rings (SSSR count). The van der Waals surface area contributed by atoms with Gasteiger partial charge in [0, 0.05) is 9.90 Å². The molecule has 7 heteroatoms. The maximum atomic E-state index is 12.2. The molecule has 24 heavy (non-hydrogen) atoms. The number of hydrogen-bond donors (Lipinski definition) is 1. The van der Waals surface area contributed by atoms with Crippen molar-refractivity contribution in [2.24, 2.45) is 0 Å². The van der Waals surface area contributed by atoms with E-state index >= 15 is 0 Å². The summed E-state index contributed by atoms with van der Waals surface area (Å²) in [5.41, 5.74) is 1.64. The Morgan fingerprint density at radius 2 is 2.04 bits per heavy atom. The largest absolute Gasteiger partial charge is 0.448 e. The van der Waals surface area contributed by atoms with E-state index in [9.17, 15) is 9.59 Å². The lowest BCUT2D eigenvalue weighted by molar-refractivity contribution is -0.123. The first-order valence-electron chi connectivity index (χ1n) is 7.52. The van der Waals surface area contributed by atoms with Crippen LogP contribution in [0.2, 0.25) is 10.0 Å². The fourth-order valence-electron chi connectivity index (χ4n) is 2.53. The summed E-state index contributed by atoms with van der Waals surface area (Å²) in [5, 5.41) is 3.43. The van der Waals surface area contributed by atoms with Crippen LogP contribution in [-0.2, 0) is 22.4 Å². The van der Waals surface area contributed by atoms with Crippen LogP contribution in [0.5, 0.6) is 0 Å². The van der Waals surface area contributed by atoms with Crippen molar-refractivity contribution in [2.45, 2.75) is 32.3 Å². The normalized spacial score (nSPS) is 14.1. The van der Waals surface area contributed by atoms with Gasteiger partial charge in [0.2, 0.25) is 0 Å². The van der Waals surface area contributed by atoms with E-state index in [0.29, 0.717) is 20.6 Å². The van der Waals surface area contributed by atoms with Crippen molar-refractivity contribution >= 4 is 52.1 Å². The average molecular weight is 384 g/mol. The maximum Gasteiger partial charge on any atom is 0.349 e. The average Bonchev–Trinajstić information content (AvgIpc) is 3.11. The number of thiophene rings is 1. The number of anilines is 1. The van der Waals surface area contributed by atoms with E-state index in [4.69, 9.17) is 27.9 Å². The van der Waals surface area contributed by atoms with Gasteiger partial charge in [-0.25, -0.2) is 4.79 Å². The van der Waals surface area contributed by atoms with Crippen molar-refractivity contribution in [3.63, 3.8) is 0 Å². The van der Waals surface area contributed by atoms with Crippen molar-refractivity contribution in [1.29, 1.82) is 0 Å². The number of carbonyl (C=O) groups is 2. The quantitative estimate of drug-likeness (QED) is 0.776. The molecule has 0 spiro atoms. The van der Waals surface area contributed by atoms with Gasteiger partial charge < -0.3 is 10.1 Å². The van der Waals surface area contributed by atoms with Crippen molar-refractivity contribution in [3.05, 3.63) is 49.6 Å². The molecule has 0 saturated carbocycles. The van der Waals surface area contributed by atoms with Crippen molar-refractivity contribution in [1.82, 2.24) is 0 Å². The zero-order valence-electron chi connectivity index (χ0n) is 12.9. The van der Waals surface area contributed by atoms with Gasteiger partial charge in [-0.2, -0.15) is 0 Å². The summed E-state index contributed by atoms with van der Waals surface area (Å²) in [6.45, 7) is 1.53. The van der Waals surface area contributed by atoms with Crippen LogP contribution in [-0.4, -0.2) is 18.0 Å². The van der Waals surface area contributed by atoms with Gasteiger partial charge in [0.05, 0.1) is 10.7 Å². The van der Waals surface area contributed by atoms with E-state index < -0.39 is 18.0 Å². The number of amides is 1. The zero-order chi connectivity index (χ0) is 17.3. The molecular weight excluding hydrogens is 369 g/mol. The molecule has 1 aliphatic carbocycles. The van der Waals surface area contributed by atoms with E-state index in [2.05, 4.69) is 5.32 Å². The monoisotopic (exact) mass is 383 g/mol. The van der Waals surface area contributed by atoms with Crippen LogP contribution in [0.15, 0.2) is 24.3 Å². The van der Waals surface area contributed by atoms with Crippen molar-refractivity contribution in [3.8, 4) is 0 Å². The van der Waals surface area contributed by atoms with E-state index in [1.54, 1.807) is 12.1 Å². The molecule has 0 unspecified atom stereocenters. The Morgan fingerprint density at radius 3 is 2.75 bits per heavy atom. The number of esters is 1. The number of nitrogens with one attached hydrogen (secondary N) is 1. The minimum absolute atomic E-state index is 0.323. The van der Waals surface area contributed by atoms with Gasteiger partial charge in [-0.1, -0.05) is 23.2 Å². The lowest BCUT2D eigenvalue weighted by Crippen LogP contribution is -2.29. The highest BCUT2D eigenvalue weighted by atomic mass is 35.5. The van der Waals surface area contributed by atoms with Crippen LogP contribution in [0.4, 0.5) is 5.69 Å². The molecule has 0 fully saturated rings. The Kier molecular flexibility index (Phi) is 5.13. The fraction of sp³-hybridized carbons (Fsp3) is 0.294. The van der Waals surface area contributed by atoms with Crippen LogP contribution in [0.3, 0.4) is 0 Å². The molecule has 1 aliphatic rings.